The van der Waals surface area contributed by atoms with E-state index in [9.17, 15) is 8.42 Å². The Morgan fingerprint density at radius 2 is 2.13 bits per heavy atom. The molecule has 0 amide bonds. The summed E-state index contributed by atoms with van der Waals surface area (Å²) in [7, 11) is -3.53. The Bertz CT molecular complexity index is 892. The number of sulfonamides is 1. The highest BCUT2D eigenvalue weighted by Gasteiger charge is 2.15. The van der Waals surface area contributed by atoms with Crippen LogP contribution in [0.4, 0.5) is 0 Å². The number of nitrogens with one attached hydrogen (secondary N) is 1. The predicted molar refractivity (Wildman–Crippen MR) is 88.5 cm³/mol. The molecule has 3 aromatic rings. The molecule has 2 aromatic heterocycles. The average molecular weight is 370 g/mol. The Kier molecular flexibility index (Phi) is 4.76. The molecule has 3 rings (SSSR count). The summed E-state index contributed by atoms with van der Waals surface area (Å²) in [5.74, 6) is 0.492. The minimum Gasteiger partial charge on any atom is -0.337 e. The first-order valence-corrected chi connectivity index (χ1v) is 9.51. The van der Waals surface area contributed by atoms with Crippen molar-refractivity contribution in [2.75, 3.05) is 0 Å². The second kappa shape index (κ2) is 6.79. The second-order valence-electron chi connectivity index (χ2n) is 4.70. The van der Waals surface area contributed by atoms with Crippen molar-refractivity contribution in [2.24, 2.45) is 0 Å². The fourth-order valence-corrected chi connectivity index (χ4v) is 3.83. The van der Waals surface area contributed by atoms with E-state index < -0.39 is 10.0 Å². The number of halogens is 1. The van der Waals surface area contributed by atoms with Crippen molar-refractivity contribution in [1.82, 2.24) is 14.9 Å². The van der Waals surface area contributed by atoms with E-state index in [0.29, 0.717) is 16.4 Å². The van der Waals surface area contributed by atoms with Gasteiger partial charge in [0.05, 0.1) is 17.2 Å². The molecule has 0 saturated carbocycles. The highest BCUT2D eigenvalue weighted by atomic mass is 35.5. The highest BCUT2D eigenvalue weighted by Crippen LogP contribution is 2.21. The standard InChI is InChI=1S/C14H12ClN3O3S2/c15-11-4-1-3-10(7-11)9-23(19,20)16-8-13-17-14(18-21-13)12-5-2-6-22-12/h1-7,16H,8-9H2. The molecular weight excluding hydrogens is 358 g/mol. The molecule has 0 aliphatic rings. The molecule has 23 heavy (non-hydrogen) atoms. The van der Waals surface area contributed by atoms with E-state index in [-0.39, 0.29) is 18.2 Å². The topological polar surface area (TPSA) is 85.1 Å². The maximum atomic E-state index is 12.1. The van der Waals surface area contributed by atoms with E-state index in [4.69, 9.17) is 16.1 Å². The van der Waals surface area contributed by atoms with Gasteiger partial charge >= 0.3 is 0 Å². The molecule has 0 bridgehead atoms. The third kappa shape index (κ3) is 4.38. The molecule has 1 N–H and O–H groups in total. The SMILES string of the molecule is O=S(=O)(Cc1cccc(Cl)c1)NCc1nc(-c2cccs2)no1. The quantitative estimate of drug-likeness (QED) is 0.721. The molecule has 0 spiro atoms. The van der Waals surface area contributed by atoms with Crippen molar-refractivity contribution in [3.8, 4) is 10.7 Å². The molecule has 0 radical (unpaired) electrons. The molecule has 6 nitrogen and oxygen atoms in total. The zero-order chi connectivity index (χ0) is 16.3. The Morgan fingerprint density at radius 1 is 1.26 bits per heavy atom. The fourth-order valence-electron chi connectivity index (χ4n) is 1.90. The third-order valence-electron chi connectivity index (χ3n) is 2.90. The Morgan fingerprint density at radius 3 is 2.87 bits per heavy atom. The first-order chi connectivity index (χ1) is 11.0. The van der Waals surface area contributed by atoms with Crippen molar-refractivity contribution in [3.05, 3.63) is 58.3 Å². The van der Waals surface area contributed by atoms with Crippen molar-refractivity contribution < 1.29 is 12.9 Å². The zero-order valence-corrected chi connectivity index (χ0v) is 14.2. The number of benzene rings is 1. The lowest BCUT2D eigenvalue weighted by atomic mass is 10.2. The number of nitrogens with zero attached hydrogens (tertiary/aromatic N) is 2. The first kappa shape index (κ1) is 16.1. The van der Waals surface area contributed by atoms with Gasteiger partial charge in [-0.3, -0.25) is 0 Å². The van der Waals surface area contributed by atoms with Gasteiger partial charge in [-0.15, -0.1) is 11.3 Å². The van der Waals surface area contributed by atoms with Crippen LogP contribution in [0.2, 0.25) is 5.02 Å². The van der Waals surface area contributed by atoms with Crippen LogP contribution in [0.1, 0.15) is 11.5 Å². The van der Waals surface area contributed by atoms with Crippen LogP contribution in [0.5, 0.6) is 0 Å². The summed E-state index contributed by atoms with van der Waals surface area (Å²) in [6, 6.07) is 10.5. The summed E-state index contributed by atoms with van der Waals surface area (Å²) in [6.45, 7) is -0.0543. The molecule has 9 heteroatoms. The number of aromatic nitrogens is 2. The van der Waals surface area contributed by atoms with Gasteiger partial charge in [0.15, 0.2) is 0 Å². The van der Waals surface area contributed by atoms with Crippen LogP contribution in [0.3, 0.4) is 0 Å². The van der Waals surface area contributed by atoms with E-state index in [0.717, 1.165) is 4.88 Å². The monoisotopic (exact) mass is 369 g/mol. The van der Waals surface area contributed by atoms with Gasteiger partial charge in [-0.25, -0.2) is 13.1 Å². The smallest absolute Gasteiger partial charge is 0.242 e. The summed E-state index contributed by atoms with van der Waals surface area (Å²) in [5, 5.41) is 6.22. The van der Waals surface area contributed by atoms with Crippen molar-refractivity contribution in [1.29, 1.82) is 0 Å². The number of hydrogen-bond acceptors (Lipinski definition) is 6. The van der Waals surface area contributed by atoms with Gasteiger partial charge in [0, 0.05) is 5.02 Å². The van der Waals surface area contributed by atoms with Crippen molar-refractivity contribution >= 4 is 33.0 Å². The van der Waals surface area contributed by atoms with Crippen LogP contribution in [-0.4, -0.2) is 18.6 Å². The third-order valence-corrected chi connectivity index (χ3v) is 5.30. The van der Waals surface area contributed by atoms with Crippen LogP contribution in [0, 0.1) is 0 Å². The number of rotatable bonds is 6. The summed E-state index contributed by atoms with van der Waals surface area (Å²) in [4.78, 5) is 5.02. The normalized spacial score (nSPS) is 11.7. The van der Waals surface area contributed by atoms with Crippen molar-refractivity contribution in [2.45, 2.75) is 12.3 Å². The van der Waals surface area contributed by atoms with Gasteiger partial charge in [0.2, 0.25) is 21.7 Å². The fraction of sp³-hybridized carbons (Fsp3) is 0.143. The van der Waals surface area contributed by atoms with Gasteiger partial charge in [-0.05, 0) is 29.1 Å². The Hall–Kier alpha value is -1.74. The van der Waals surface area contributed by atoms with Crippen LogP contribution >= 0.6 is 22.9 Å². The van der Waals surface area contributed by atoms with Crippen LogP contribution in [0.25, 0.3) is 10.7 Å². The lowest BCUT2D eigenvalue weighted by Gasteiger charge is -2.05. The minimum atomic E-state index is -3.53. The summed E-state index contributed by atoms with van der Waals surface area (Å²) in [6.07, 6.45) is 0. The molecule has 0 atom stereocenters. The van der Waals surface area contributed by atoms with Gasteiger partial charge < -0.3 is 4.52 Å². The zero-order valence-electron chi connectivity index (χ0n) is 11.8. The minimum absolute atomic E-state index is 0.0543. The Labute approximate surface area is 142 Å². The van der Waals surface area contributed by atoms with Crippen LogP contribution in [-0.2, 0) is 22.3 Å². The largest absolute Gasteiger partial charge is 0.337 e. The highest BCUT2D eigenvalue weighted by molar-refractivity contribution is 7.88. The van der Waals surface area contributed by atoms with E-state index in [1.807, 2.05) is 17.5 Å². The molecule has 0 saturated heterocycles. The van der Waals surface area contributed by atoms with E-state index in [1.54, 1.807) is 24.3 Å². The van der Waals surface area contributed by atoms with Gasteiger partial charge in [-0.2, -0.15) is 4.98 Å². The molecule has 120 valence electrons. The van der Waals surface area contributed by atoms with Gasteiger partial charge in [0.1, 0.15) is 0 Å². The van der Waals surface area contributed by atoms with E-state index in [1.165, 1.54) is 11.3 Å². The molecule has 0 fully saturated rings. The molecule has 2 heterocycles. The molecule has 0 unspecified atom stereocenters. The predicted octanol–water partition coefficient (Wildman–Crippen LogP) is 3.07. The summed E-state index contributed by atoms with van der Waals surface area (Å²) < 4.78 is 31.6. The Balaban J connectivity index is 1.63. The lowest BCUT2D eigenvalue weighted by Crippen LogP contribution is -2.24. The van der Waals surface area contributed by atoms with Crippen LogP contribution < -0.4 is 4.72 Å². The van der Waals surface area contributed by atoms with Crippen molar-refractivity contribution in [3.63, 3.8) is 0 Å². The van der Waals surface area contributed by atoms with Crippen LogP contribution in [0.15, 0.2) is 46.3 Å². The maximum Gasteiger partial charge on any atom is 0.242 e. The second-order valence-corrected chi connectivity index (χ2v) is 7.89. The maximum absolute atomic E-state index is 12.1. The number of hydrogen-bond donors (Lipinski definition) is 1. The van der Waals surface area contributed by atoms with Gasteiger partial charge in [-0.1, -0.05) is 35.0 Å². The first-order valence-electron chi connectivity index (χ1n) is 6.60. The summed E-state index contributed by atoms with van der Waals surface area (Å²) >= 11 is 7.33. The molecule has 1 aromatic carbocycles. The molecular formula is C14H12ClN3O3S2. The summed E-state index contributed by atoms with van der Waals surface area (Å²) in [5.41, 5.74) is 0.606. The van der Waals surface area contributed by atoms with E-state index >= 15 is 0 Å². The average Bonchev–Trinajstić information content (AvgIpc) is 3.16. The molecule has 0 aliphatic heterocycles. The lowest BCUT2D eigenvalue weighted by molar-refractivity contribution is 0.376. The molecule has 0 aliphatic carbocycles. The van der Waals surface area contributed by atoms with E-state index in [2.05, 4.69) is 14.9 Å². The van der Waals surface area contributed by atoms with Gasteiger partial charge in [0.25, 0.3) is 0 Å². The number of thiophene rings is 1.